The van der Waals surface area contributed by atoms with E-state index >= 15 is 0 Å². The number of aryl methyl sites for hydroxylation is 1. The maximum absolute atomic E-state index is 9.11. The molecule has 0 spiro atoms. The molecule has 1 nitrogen and oxygen atoms in total. The maximum atomic E-state index is 9.11. The van der Waals surface area contributed by atoms with E-state index in [0.717, 1.165) is 12.0 Å². The molecule has 1 N–H and O–H groups in total. The fourth-order valence-corrected chi connectivity index (χ4v) is 0.810. The average molecular weight is 182 g/mol. The lowest BCUT2D eigenvalue weighted by Crippen LogP contribution is -1.77. The van der Waals surface area contributed by atoms with Crippen molar-refractivity contribution in [3.05, 3.63) is 29.8 Å². The zero-order valence-corrected chi connectivity index (χ0v) is 9.46. The molecule has 1 heteroatoms. The molecule has 0 aromatic heterocycles. The molecule has 0 bridgehead atoms. The number of phenolic OH excluding ortho intramolecular Hbond substituents is 1. The number of hydrogen-bond donors (Lipinski definition) is 1. The third-order valence-corrected chi connectivity index (χ3v) is 1.37. The summed E-state index contributed by atoms with van der Waals surface area (Å²) < 4.78 is 0. The van der Waals surface area contributed by atoms with Gasteiger partial charge >= 0.3 is 0 Å². The van der Waals surface area contributed by atoms with E-state index in [1.807, 2.05) is 52.8 Å². The van der Waals surface area contributed by atoms with Gasteiger partial charge < -0.3 is 5.11 Å². The Hall–Kier alpha value is -0.980. The first-order valence-electron chi connectivity index (χ1n) is 5.11. The van der Waals surface area contributed by atoms with Gasteiger partial charge in [-0.05, 0) is 18.1 Å². The Balaban J connectivity index is 0. The van der Waals surface area contributed by atoms with Crippen LogP contribution in [-0.2, 0) is 6.42 Å². The molecular weight excluding hydrogens is 160 g/mol. The van der Waals surface area contributed by atoms with Gasteiger partial charge in [0.05, 0.1) is 0 Å². The first-order valence-corrected chi connectivity index (χ1v) is 5.11. The largest absolute Gasteiger partial charge is 0.508 e. The van der Waals surface area contributed by atoms with Crippen LogP contribution in [0.15, 0.2) is 24.3 Å². The van der Waals surface area contributed by atoms with E-state index in [1.54, 1.807) is 6.07 Å². The fraction of sp³-hybridized carbons (Fsp3) is 0.500. The minimum atomic E-state index is 0.403. The topological polar surface area (TPSA) is 20.2 Å². The third-order valence-electron chi connectivity index (χ3n) is 1.37. The highest BCUT2D eigenvalue weighted by Crippen LogP contribution is 2.14. The van der Waals surface area contributed by atoms with Gasteiger partial charge in [-0.15, -0.1) is 0 Å². The highest BCUT2D eigenvalue weighted by atomic mass is 16.3. The summed E-state index contributed by atoms with van der Waals surface area (Å²) in [5.74, 6) is 0.403. The van der Waals surface area contributed by atoms with Crippen LogP contribution in [0.25, 0.3) is 0 Å². The van der Waals surface area contributed by atoms with Crippen LogP contribution in [-0.4, -0.2) is 5.11 Å². The monoisotopic (exact) mass is 182 g/mol. The van der Waals surface area contributed by atoms with E-state index in [4.69, 9.17) is 5.11 Å². The summed E-state index contributed by atoms with van der Waals surface area (Å²) in [6, 6.07) is 7.39. The Morgan fingerprint density at radius 2 is 1.46 bits per heavy atom. The Kier molecular flexibility index (Phi) is 12.3. The summed E-state index contributed by atoms with van der Waals surface area (Å²) >= 11 is 0. The fourth-order valence-electron chi connectivity index (χ4n) is 0.810. The molecule has 0 saturated heterocycles. The van der Waals surface area contributed by atoms with Crippen LogP contribution in [0.4, 0.5) is 0 Å². The Morgan fingerprint density at radius 3 is 1.77 bits per heavy atom. The van der Waals surface area contributed by atoms with Crippen LogP contribution in [0.2, 0.25) is 0 Å². The molecule has 0 amide bonds. The zero-order chi connectivity index (χ0) is 10.7. The first-order chi connectivity index (χ1) is 6.34. The van der Waals surface area contributed by atoms with Crippen molar-refractivity contribution in [2.24, 2.45) is 0 Å². The molecular formula is C12H22O. The SMILES string of the molecule is CC.CC.CCc1ccccc1O. The maximum Gasteiger partial charge on any atom is 0.118 e. The second-order valence-corrected chi connectivity index (χ2v) is 1.98. The van der Waals surface area contributed by atoms with Crippen molar-refractivity contribution in [3.63, 3.8) is 0 Å². The van der Waals surface area contributed by atoms with Gasteiger partial charge in [0, 0.05) is 0 Å². The lowest BCUT2D eigenvalue weighted by Gasteiger charge is -1.97. The van der Waals surface area contributed by atoms with Crippen molar-refractivity contribution in [1.29, 1.82) is 0 Å². The van der Waals surface area contributed by atoms with Crippen LogP contribution in [0.5, 0.6) is 5.75 Å². The molecule has 0 heterocycles. The molecule has 1 aromatic rings. The predicted molar refractivity (Wildman–Crippen MR) is 60.2 cm³/mol. The average Bonchev–Trinajstić information content (AvgIpc) is 2.24. The van der Waals surface area contributed by atoms with E-state index < -0.39 is 0 Å². The molecule has 0 radical (unpaired) electrons. The number of para-hydroxylation sites is 1. The molecule has 76 valence electrons. The first kappa shape index (κ1) is 14.5. The number of aromatic hydroxyl groups is 1. The van der Waals surface area contributed by atoms with Gasteiger partial charge in [0.15, 0.2) is 0 Å². The Labute approximate surface area is 82.4 Å². The van der Waals surface area contributed by atoms with E-state index in [-0.39, 0.29) is 0 Å². The van der Waals surface area contributed by atoms with E-state index in [1.165, 1.54) is 0 Å². The lowest BCUT2D eigenvalue weighted by molar-refractivity contribution is 0.469. The molecule has 1 rings (SSSR count). The zero-order valence-electron chi connectivity index (χ0n) is 9.46. The number of hydrogen-bond acceptors (Lipinski definition) is 1. The predicted octanol–water partition coefficient (Wildman–Crippen LogP) is 4.01. The quantitative estimate of drug-likeness (QED) is 0.695. The van der Waals surface area contributed by atoms with Crippen LogP contribution in [0, 0.1) is 0 Å². The van der Waals surface area contributed by atoms with Gasteiger partial charge in [0.1, 0.15) is 5.75 Å². The van der Waals surface area contributed by atoms with E-state index in [9.17, 15) is 0 Å². The Morgan fingerprint density at radius 1 is 1.00 bits per heavy atom. The Bertz CT molecular complexity index is 194. The molecule has 0 atom stereocenters. The second kappa shape index (κ2) is 11.0. The molecule has 0 aliphatic carbocycles. The van der Waals surface area contributed by atoms with Crippen LogP contribution in [0.3, 0.4) is 0 Å². The van der Waals surface area contributed by atoms with Crippen molar-refractivity contribution in [2.75, 3.05) is 0 Å². The van der Waals surface area contributed by atoms with Gasteiger partial charge in [-0.25, -0.2) is 0 Å². The third kappa shape index (κ3) is 6.21. The molecule has 1 aromatic carbocycles. The molecule has 0 aliphatic heterocycles. The molecule has 0 unspecified atom stereocenters. The van der Waals surface area contributed by atoms with E-state index in [2.05, 4.69) is 0 Å². The van der Waals surface area contributed by atoms with Gasteiger partial charge in [0.25, 0.3) is 0 Å². The molecule has 0 fully saturated rings. The summed E-state index contributed by atoms with van der Waals surface area (Å²) in [7, 11) is 0. The van der Waals surface area contributed by atoms with Crippen molar-refractivity contribution < 1.29 is 5.11 Å². The second-order valence-electron chi connectivity index (χ2n) is 1.98. The highest BCUT2D eigenvalue weighted by molar-refractivity contribution is 5.31. The minimum Gasteiger partial charge on any atom is -0.508 e. The number of phenols is 1. The van der Waals surface area contributed by atoms with Gasteiger partial charge in [-0.3, -0.25) is 0 Å². The van der Waals surface area contributed by atoms with Crippen LogP contribution >= 0.6 is 0 Å². The normalized spacial score (nSPS) is 7.46. The summed E-state index contributed by atoms with van der Waals surface area (Å²) in [6.45, 7) is 10.0. The lowest BCUT2D eigenvalue weighted by atomic mass is 10.1. The van der Waals surface area contributed by atoms with Crippen molar-refractivity contribution in [1.82, 2.24) is 0 Å². The summed E-state index contributed by atoms with van der Waals surface area (Å²) in [5, 5.41) is 9.11. The molecule has 0 aliphatic rings. The van der Waals surface area contributed by atoms with Crippen molar-refractivity contribution in [3.8, 4) is 5.75 Å². The summed E-state index contributed by atoms with van der Waals surface area (Å²) in [4.78, 5) is 0. The standard InChI is InChI=1S/C8H10O.2C2H6/c1-2-7-5-3-4-6-8(7)9;2*1-2/h3-6,9H,2H2,1H3;2*1-2H3. The van der Waals surface area contributed by atoms with Gasteiger partial charge in [-0.1, -0.05) is 52.8 Å². The number of rotatable bonds is 1. The minimum absolute atomic E-state index is 0.403. The van der Waals surface area contributed by atoms with Gasteiger partial charge in [-0.2, -0.15) is 0 Å². The highest BCUT2D eigenvalue weighted by Gasteiger charge is 1.92. The van der Waals surface area contributed by atoms with Crippen molar-refractivity contribution in [2.45, 2.75) is 41.0 Å². The van der Waals surface area contributed by atoms with E-state index in [0.29, 0.717) is 5.75 Å². The van der Waals surface area contributed by atoms with Crippen molar-refractivity contribution >= 4 is 0 Å². The number of benzene rings is 1. The molecule has 13 heavy (non-hydrogen) atoms. The van der Waals surface area contributed by atoms with Crippen LogP contribution < -0.4 is 0 Å². The summed E-state index contributed by atoms with van der Waals surface area (Å²) in [5.41, 5.74) is 1.01. The van der Waals surface area contributed by atoms with Crippen LogP contribution in [0.1, 0.15) is 40.2 Å². The van der Waals surface area contributed by atoms with Gasteiger partial charge in [0.2, 0.25) is 0 Å². The summed E-state index contributed by atoms with van der Waals surface area (Å²) in [6.07, 6.45) is 0.896. The smallest absolute Gasteiger partial charge is 0.118 e. The molecule has 0 saturated carbocycles.